The first-order chi connectivity index (χ1) is 8.07. The van der Waals surface area contributed by atoms with Crippen LogP contribution in [-0.2, 0) is 16.0 Å². The predicted octanol–water partition coefficient (Wildman–Crippen LogP) is 1.47. The maximum atomic E-state index is 10.9. The zero-order chi connectivity index (χ0) is 12.8. The maximum Gasteiger partial charge on any atom is 0.337 e. The van der Waals surface area contributed by atoms with Crippen LogP contribution in [0, 0.1) is 13.8 Å². The number of hydrogen-bond acceptors (Lipinski definition) is 3. The van der Waals surface area contributed by atoms with Crippen LogP contribution in [0.4, 0.5) is 0 Å². The largest absolute Gasteiger partial charge is 0.478 e. The van der Waals surface area contributed by atoms with Gasteiger partial charge in [-0.2, -0.15) is 0 Å². The molecule has 0 aliphatic rings. The van der Waals surface area contributed by atoms with Crippen molar-refractivity contribution in [1.82, 2.24) is 4.57 Å². The Balaban J connectivity index is 2.56. The second-order valence-corrected chi connectivity index (χ2v) is 3.85. The van der Waals surface area contributed by atoms with Crippen LogP contribution < -0.4 is 0 Å². The molecule has 0 unspecified atom stereocenters. The molecule has 0 aliphatic heterocycles. The third-order valence-electron chi connectivity index (χ3n) is 2.70. The smallest absolute Gasteiger partial charge is 0.337 e. The van der Waals surface area contributed by atoms with Gasteiger partial charge >= 0.3 is 5.97 Å². The maximum absolute atomic E-state index is 10.9. The van der Waals surface area contributed by atoms with Gasteiger partial charge in [0.15, 0.2) is 0 Å². The van der Waals surface area contributed by atoms with E-state index in [2.05, 4.69) is 0 Å². The van der Waals surface area contributed by atoms with Gasteiger partial charge in [-0.1, -0.05) is 0 Å². The van der Waals surface area contributed by atoms with Crippen molar-refractivity contribution in [2.75, 3.05) is 26.9 Å². The number of aryl methyl sites for hydroxylation is 1. The number of nitrogens with zero attached hydrogens (tertiary/aromatic N) is 1. The summed E-state index contributed by atoms with van der Waals surface area (Å²) in [5.74, 6) is -0.885. The highest BCUT2D eigenvalue weighted by Crippen LogP contribution is 2.14. The van der Waals surface area contributed by atoms with E-state index >= 15 is 0 Å². The molecule has 5 heteroatoms. The Kier molecular flexibility index (Phi) is 5.18. The lowest BCUT2D eigenvalue weighted by atomic mass is 10.2. The van der Waals surface area contributed by atoms with Crippen LogP contribution in [0.1, 0.15) is 21.7 Å². The molecule has 0 saturated heterocycles. The summed E-state index contributed by atoms with van der Waals surface area (Å²) in [5, 5.41) is 8.98. The van der Waals surface area contributed by atoms with Crippen LogP contribution in [-0.4, -0.2) is 42.6 Å². The second kappa shape index (κ2) is 6.42. The number of carboxylic acids is 1. The zero-order valence-corrected chi connectivity index (χ0v) is 10.5. The summed E-state index contributed by atoms with van der Waals surface area (Å²) in [5.41, 5.74) is 2.07. The van der Waals surface area contributed by atoms with Gasteiger partial charge < -0.3 is 19.1 Å². The summed E-state index contributed by atoms with van der Waals surface area (Å²) < 4.78 is 12.2. The van der Waals surface area contributed by atoms with Gasteiger partial charge in [-0.25, -0.2) is 4.79 Å². The number of methoxy groups -OCH3 is 1. The van der Waals surface area contributed by atoms with E-state index in [0.29, 0.717) is 31.9 Å². The highest BCUT2D eigenvalue weighted by atomic mass is 16.5. The van der Waals surface area contributed by atoms with Crippen LogP contribution in [0.2, 0.25) is 0 Å². The highest BCUT2D eigenvalue weighted by molar-refractivity contribution is 5.89. The van der Waals surface area contributed by atoms with Crippen LogP contribution >= 0.6 is 0 Å². The molecule has 1 aromatic rings. The molecule has 1 heterocycles. The predicted molar refractivity (Wildman–Crippen MR) is 63.6 cm³/mol. The van der Waals surface area contributed by atoms with Crippen molar-refractivity contribution >= 4 is 5.97 Å². The second-order valence-electron chi connectivity index (χ2n) is 3.85. The summed E-state index contributed by atoms with van der Waals surface area (Å²) in [6.07, 6.45) is 0. The number of aromatic carboxylic acids is 1. The number of carboxylic acid groups (broad SMARTS) is 1. The van der Waals surface area contributed by atoms with Crippen molar-refractivity contribution in [2.24, 2.45) is 0 Å². The Morgan fingerprint density at radius 1 is 1.35 bits per heavy atom. The molecule has 0 fully saturated rings. The average Bonchev–Trinajstić information content (AvgIpc) is 2.56. The Morgan fingerprint density at radius 2 is 2.06 bits per heavy atom. The van der Waals surface area contributed by atoms with E-state index in [0.717, 1.165) is 11.4 Å². The third kappa shape index (κ3) is 3.57. The molecule has 0 aromatic carbocycles. The molecule has 1 N–H and O–H groups in total. The molecule has 0 bridgehead atoms. The fourth-order valence-electron chi connectivity index (χ4n) is 1.76. The molecule has 0 atom stereocenters. The lowest BCUT2D eigenvalue weighted by molar-refractivity contribution is 0.0659. The Labute approximate surface area is 101 Å². The van der Waals surface area contributed by atoms with Crippen molar-refractivity contribution < 1.29 is 19.4 Å². The number of ether oxygens (including phenoxy) is 2. The zero-order valence-electron chi connectivity index (χ0n) is 10.5. The normalized spacial score (nSPS) is 10.8. The summed E-state index contributed by atoms with van der Waals surface area (Å²) in [6.45, 7) is 6.05. The summed E-state index contributed by atoms with van der Waals surface area (Å²) in [4.78, 5) is 10.9. The molecule has 1 aromatic heterocycles. The number of carbonyl (C=O) groups is 1. The summed E-state index contributed by atoms with van der Waals surface area (Å²) >= 11 is 0. The van der Waals surface area contributed by atoms with Crippen LogP contribution in [0.15, 0.2) is 6.07 Å². The monoisotopic (exact) mass is 241 g/mol. The van der Waals surface area contributed by atoms with E-state index in [1.54, 1.807) is 13.2 Å². The number of hydrogen-bond donors (Lipinski definition) is 1. The van der Waals surface area contributed by atoms with Crippen LogP contribution in [0.5, 0.6) is 0 Å². The Morgan fingerprint density at radius 3 is 2.59 bits per heavy atom. The topological polar surface area (TPSA) is 60.7 Å². The quantitative estimate of drug-likeness (QED) is 0.734. The lowest BCUT2D eigenvalue weighted by Gasteiger charge is -2.09. The van der Waals surface area contributed by atoms with E-state index in [-0.39, 0.29) is 0 Å². The Hall–Kier alpha value is -1.33. The first kappa shape index (κ1) is 13.7. The SMILES string of the molecule is COCCOCCn1c(C)cc(C(=O)O)c1C. The summed E-state index contributed by atoms with van der Waals surface area (Å²) in [6, 6.07) is 1.69. The molecule has 17 heavy (non-hydrogen) atoms. The molecule has 0 radical (unpaired) electrons. The molecule has 0 spiro atoms. The van der Waals surface area contributed by atoms with Crippen molar-refractivity contribution in [3.05, 3.63) is 23.0 Å². The molecule has 1 rings (SSSR count). The fraction of sp³-hybridized carbons (Fsp3) is 0.583. The van der Waals surface area contributed by atoms with E-state index in [1.807, 2.05) is 18.4 Å². The van der Waals surface area contributed by atoms with Gasteiger partial charge in [0.25, 0.3) is 0 Å². The van der Waals surface area contributed by atoms with Gasteiger partial charge in [0, 0.05) is 25.0 Å². The van der Waals surface area contributed by atoms with E-state index < -0.39 is 5.97 Å². The first-order valence-corrected chi connectivity index (χ1v) is 5.54. The minimum atomic E-state index is -0.885. The van der Waals surface area contributed by atoms with Gasteiger partial charge in [0.2, 0.25) is 0 Å². The van der Waals surface area contributed by atoms with E-state index in [1.165, 1.54) is 0 Å². The number of rotatable bonds is 7. The van der Waals surface area contributed by atoms with Crippen molar-refractivity contribution in [3.8, 4) is 0 Å². The average molecular weight is 241 g/mol. The minimum Gasteiger partial charge on any atom is -0.478 e. The van der Waals surface area contributed by atoms with Crippen molar-refractivity contribution in [3.63, 3.8) is 0 Å². The lowest BCUT2D eigenvalue weighted by Crippen LogP contribution is -2.12. The van der Waals surface area contributed by atoms with E-state index in [4.69, 9.17) is 14.6 Å². The molecular formula is C12H19NO4. The minimum absolute atomic E-state index is 0.361. The van der Waals surface area contributed by atoms with Gasteiger partial charge in [0.05, 0.1) is 25.4 Å². The molecule has 0 aliphatic carbocycles. The van der Waals surface area contributed by atoms with Gasteiger partial charge in [-0.15, -0.1) is 0 Å². The number of aromatic nitrogens is 1. The first-order valence-electron chi connectivity index (χ1n) is 5.54. The standard InChI is InChI=1S/C12H19NO4/c1-9-8-11(12(14)15)10(2)13(9)4-5-17-7-6-16-3/h8H,4-7H2,1-3H3,(H,14,15). The van der Waals surface area contributed by atoms with Gasteiger partial charge in [-0.3, -0.25) is 0 Å². The molecule has 96 valence electrons. The molecule has 5 nitrogen and oxygen atoms in total. The van der Waals surface area contributed by atoms with E-state index in [9.17, 15) is 4.79 Å². The van der Waals surface area contributed by atoms with Crippen LogP contribution in [0.25, 0.3) is 0 Å². The van der Waals surface area contributed by atoms with Gasteiger partial charge in [-0.05, 0) is 19.9 Å². The molecule has 0 saturated carbocycles. The van der Waals surface area contributed by atoms with Crippen LogP contribution in [0.3, 0.4) is 0 Å². The van der Waals surface area contributed by atoms with Crippen molar-refractivity contribution in [1.29, 1.82) is 0 Å². The summed E-state index contributed by atoms with van der Waals surface area (Å²) in [7, 11) is 1.63. The van der Waals surface area contributed by atoms with Gasteiger partial charge in [0.1, 0.15) is 0 Å². The molecule has 0 amide bonds. The third-order valence-corrected chi connectivity index (χ3v) is 2.70. The Bertz CT molecular complexity index is 384. The highest BCUT2D eigenvalue weighted by Gasteiger charge is 2.13. The fourth-order valence-corrected chi connectivity index (χ4v) is 1.76. The van der Waals surface area contributed by atoms with Crippen molar-refractivity contribution in [2.45, 2.75) is 20.4 Å². The molecular weight excluding hydrogens is 222 g/mol.